The van der Waals surface area contributed by atoms with Gasteiger partial charge in [0.25, 0.3) is 0 Å². The molecule has 1 unspecified atom stereocenters. The first kappa shape index (κ1) is 18.8. The number of benzene rings is 1. The molecular formula is C20H33N3O2. The van der Waals surface area contributed by atoms with Gasteiger partial charge in [0.15, 0.2) is 0 Å². The Morgan fingerprint density at radius 2 is 1.80 bits per heavy atom. The molecule has 2 saturated heterocycles. The van der Waals surface area contributed by atoms with Crippen molar-refractivity contribution in [1.29, 1.82) is 0 Å². The van der Waals surface area contributed by atoms with Crippen molar-refractivity contribution in [2.75, 3.05) is 59.0 Å². The zero-order valence-electron chi connectivity index (χ0n) is 15.5. The highest BCUT2D eigenvalue weighted by molar-refractivity contribution is 5.24. The Balaban J connectivity index is 1.32. The molecule has 2 heterocycles. The fourth-order valence-corrected chi connectivity index (χ4v) is 3.74. The molecule has 5 nitrogen and oxygen atoms in total. The molecule has 25 heavy (non-hydrogen) atoms. The smallest absolute Gasteiger partial charge is 0.0914 e. The first-order valence-electron chi connectivity index (χ1n) is 9.71. The Kier molecular flexibility index (Phi) is 7.25. The number of aliphatic hydroxyl groups excluding tert-OH is 1. The second-order valence-electron chi connectivity index (χ2n) is 7.41. The summed E-state index contributed by atoms with van der Waals surface area (Å²) in [7, 11) is 0. The highest BCUT2D eigenvalue weighted by Crippen LogP contribution is 2.15. The summed E-state index contributed by atoms with van der Waals surface area (Å²) in [6.45, 7) is 11.3. The molecule has 1 aromatic carbocycles. The number of hydrogen-bond acceptors (Lipinski definition) is 5. The minimum Gasteiger partial charge on any atom is -0.387 e. The van der Waals surface area contributed by atoms with Crippen LogP contribution >= 0.6 is 0 Å². The molecule has 0 amide bonds. The van der Waals surface area contributed by atoms with E-state index in [1.807, 2.05) is 12.1 Å². The lowest BCUT2D eigenvalue weighted by Crippen LogP contribution is -2.47. The van der Waals surface area contributed by atoms with E-state index in [9.17, 15) is 5.11 Å². The lowest BCUT2D eigenvalue weighted by atomic mass is 10.0. The van der Waals surface area contributed by atoms with Gasteiger partial charge < -0.3 is 20.1 Å². The number of hydrogen-bond donors (Lipinski definition) is 2. The second kappa shape index (κ2) is 9.64. The Labute approximate surface area is 152 Å². The van der Waals surface area contributed by atoms with Crippen LogP contribution in [0.4, 0.5) is 0 Å². The van der Waals surface area contributed by atoms with Gasteiger partial charge in [-0.1, -0.05) is 29.8 Å². The third-order valence-electron chi connectivity index (χ3n) is 5.45. The van der Waals surface area contributed by atoms with Crippen molar-refractivity contribution in [2.24, 2.45) is 0 Å². The number of aryl methyl sites for hydroxylation is 1. The first-order valence-corrected chi connectivity index (χ1v) is 9.71. The molecule has 2 N–H and O–H groups in total. The largest absolute Gasteiger partial charge is 0.387 e. The van der Waals surface area contributed by atoms with E-state index in [-0.39, 0.29) is 0 Å². The Morgan fingerprint density at radius 3 is 2.48 bits per heavy atom. The molecule has 0 aromatic heterocycles. The van der Waals surface area contributed by atoms with Gasteiger partial charge >= 0.3 is 0 Å². The summed E-state index contributed by atoms with van der Waals surface area (Å²) in [5, 5.41) is 13.9. The van der Waals surface area contributed by atoms with E-state index in [2.05, 4.69) is 34.2 Å². The Morgan fingerprint density at radius 1 is 1.12 bits per heavy atom. The number of aliphatic hydroxyl groups is 1. The van der Waals surface area contributed by atoms with Gasteiger partial charge in [0.05, 0.1) is 19.3 Å². The average molecular weight is 348 g/mol. The van der Waals surface area contributed by atoms with Gasteiger partial charge in [-0.15, -0.1) is 0 Å². The topological polar surface area (TPSA) is 48.0 Å². The van der Waals surface area contributed by atoms with Crippen molar-refractivity contribution in [1.82, 2.24) is 15.1 Å². The maximum Gasteiger partial charge on any atom is 0.0914 e. The molecule has 1 aromatic rings. The highest BCUT2D eigenvalue weighted by Gasteiger charge is 2.20. The van der Waals surface area contributed by atoms with Crippen molar-refractivity contribution in [3.8, 4) is 0 Å². The van der Waals surface area contributed by atoms with E-state index < -0.39 is 6.10 Å². The molecule has 2 fully saturated rings. The lowest BCUT2D eigenvalue weighted by Gasteiger charge is -2.35. The molecule has 2 aliphatic rings. The van der Waals surface area contributed by atoms with E-state index in [0.717, 1.165) is 51.5 Å². The van der Waals surface area contributed by atoms with Crippen LogP contribution in [-0.4, -0.2) is 80.0 Å². The summed E-state index contributed by atoms with van der Waals surface area (Å²) in [5.41, 5.74) is 2.21. The van der Waals surface area contributed by atoms with Crippen LogP contribution in [0, 0.1) is 6.92 Å². The molecule has 0 bridgehead atoms. The maximum absolute atomic E-state index is 10.4. The van der Waals surface area contributed by atoms with Gasteiger partial charge in [0, 0.05) is 38.8 Å². The van der Waals surface area contributed by atoms with Gasteiger partial charge in [-0.3, -0.25) is 4.90 Å². The van der Waals surface area contributed by atoms with E-state index in [0.29, 0.717) is 12.6 Å². The molecule has 0 aliphatic carbocycles. The van der Waals surface area contributed by atoms with Gasteiger partial charge in [0.2, 0.25) is 0 Å². The monoisotopic (exact) mass is 347 g/mol. The number of piperidine rings is 1. The van der Waals surface area contributed by atoms with Gasteiger partial charge in [-0.25, -0.2) is 0 Å². The van der Waals surface area contributed by atoms with Crippen molar-refractivity contribution >= 4 is 0 Å². The minimum absolute atomic E-state index is 0.417. The van der Waals surface area contributed by atoms with Crippen molar-refractivity contribution in [3.63, 3.8) is 0 Å². The maximum atomic E-state index is 10.4. The SMILES string of the molecule is Cc1cccc(C(O)CNC2CCN(CCN3CCOCC3)CC2)c1. The molecule has 3 rings (SSSR count). The number of likely N-dealkylation sites (tertiary alicyclic amines) is 1. The van der Waals surface area contributed by atoms with Crippen molar-refractivity contribution in [3.05, 3.63) is 35.4 Å². The van der Waals surface area contributed by atoms with Crippen LogP contribution in [-0.2, 0) is 4.74 Å². The predicted molar refractivity (Wildman–Crippen MR) is 101 cm³/mol. The first-order chi connectivity index (χ1) is 12.2. The molecule has 0 saturated carbocycles. The van der Waals surface area contributed by atoms with Crippen LogP contribution in [0.1, 0.15) is 30.1 Å². The Bertz CT molecular complexity index is 511. The standard InChI is InChI=1S/C20H33N3O2/c1-17-3-2-4-18(15-17)20(24)16-21-19-5-7-22(8-6-19)9-10-23-11-13-25-14-12-23/h2-4,15,19-21,24H,5-14,16H2,1H3. The Hall–Kier alpha value is -0.980. The minimum atomic E-state index is -0.417. The molecular weight excluding hydrogens is 314 g/mol. The lowest BCUT2D eigenvalue weighted by molar-refractivity contribution is 0.0317. The fraction of sp³-hybridized carbons (Fsp3) is 0.700. The van der Waals surface area contributed by atoms with Gasteiger partial charge in [-0.05, 0) is 38.4 Å². The van der Waals surface area contributed by atoms with Crippen molar-refractivity contribution in [2.45, 2.75) is 31.9 Å². The second-order valence-corrected chi connectivity index (χ2v) is 7.41. The summed E-state index contributed by atoms with van der Waals surface area (Å²) in [6.07, 6.45) is 1.92. The third-order valence-corrected chi connectivity index (χ3v) is 5.45. The fourth-order valence-electron chi connectivity index (χ4n) is 3.74. The number of morpholine rings is 1. The zero-order valence-corrected chi connectivity index (χ0v) is 15.5. The summed E-state index contributed by atoms with van der Waals surface area (Å²) in [4.78, 5) is 5.08. The van der Waals surface area contributed by atoms with E-state index in [4.69, 9.17) is 4.74 Å². The van der Waals surface area contributed by atoms with Crippen molar-refractivity contribution < 1.29 is 9.84 Å². The number of nitrogens with one attached hydrogen (secondary N) is 1. The molecule has 0 spiro atoms. The van der Waals surface area contributed by atoms with Crippen LogP contribution in [0.5, 0.6) is 0 Å². The van der Waals surface area contributed by atoms with E-state index in [1.165, 1.54) is 24.9 Å². The summed E-state index contributed by atoms with van der Waals surface area (Å²) >= 11 is 0. The van der Waals surface area contributed by atoms with Gasteiger partial charge in [-0.2, -0.15) is 0 Å². The molecule has 0 radical (unpaired) electrons. The van der Waals surface area contributed by atoms with E-state index >= 15 is 0 Å². The van der Waals surface area contributed by atoms with Crippen LogP contribution in [0.2, 0.25) is 0 Å². The molecule has 2 aliphatic heterocycles. The third kappa shape index (κ3) is 6.04. The van der Waals surface area contributed by atoms with E-state index in [1.54, 1.807) is 0 Å². The van der Waals surface area contributed by atoms with Crippen LogP contribution in [0.15, 0.2) is 24.3 Å². The number of rotatable bonds is 7. The number of nitrogens with zero attached hydrogens (tertiary/aromatic N) is 2. The zero-order chi connectivity index (χ0) is 17.5. The molecule has 140 valence electrons. The molecule has 1 atom stereocenters. The summed E-state index contributed by atoms with van der Waals surface area (Å²) in [5.74, 6) is 0. The predicted octanol–water partition coefficient (Wildman–Crippen LogP) is 1.41. The molecule has 5 heteroatoms. The normalized spacial score (nSPS) is 22.2. The van der Waals surface area contributed by atoms with Crippen LogP contribution in [0.3, 0.4) is 0 Å². The van der Waals surface area contributed by atoms with Crippen LogP contribution in [0.25, 0.3) is 0 Å². The summed E-state index contributed by atoms with van der Waals surface area (Å²) in [6, 6.07) is 8.68. The average Bonchev–Trinajstić information content (AvgIpc) is 2.66. The highest BCUT2D eigenvalue weighted by atomic mass is 16.5. The number of ether oxygens (including phenoxy) is 1. The summed E-state index contributed by atoms with van der Waals surface area (Å²) < 4.78 is 5.41. The van der Waals surface area contributed by atoms with Crippen LogP contribution < -0.4 is 5.32 Å². The quantitative estimate of drug-likeness (QED) is 0.781. The van der Waals surface area contributed by atoms with Gasteiger partial charge in [0.1, 0.15) is 0 Å².